The van der Waals surface area contributed by atoms with E-state index in [0.29, 0.717) is 37.0 Å². The largest absolute Gasteiger partial charge is 0.350 e. The van der Waals surface area contributed by atoms with Crippen LogP contribution in [0.4, 0.5) is 0 Å². The van der Waals surface area contributed by atoms with Gasteiger partial charge in [-0.25, -0.2) is 0 Å². The molecule has 0 rings (SSSR count). The van der Waals surface area contributed by atoms with Gasteiger partial charge in [0.25, 0.3) is 0 Å². The monoisotopic (exact) mass is 394 g/mol. The minimum Gasteiger partial charge on any atom is -0.293 e. The first-order chi connectivity index (χ1) is 10.1. The molecule has 0 saturated carbocycles. The van der Waals surface area contributed by atoms with Crippen LogP contribution in [-0.2, 0) is 26.6 Å². The summed E-state index contributed by atoms with van der Waals surface area (Å²) in [6.07, 6.45) is 2.00. The average Bonchev–Trinajstić information content (AvgIpc) is 2.54. The Morgan fingerprint density at radius 2 is 0.727 bits per heavy atom. The van der Waals surface area contributed by atoms with Gasteiger partial charge in [0.1, 0.15) is 0 Å². The summed E-state index contributed by atoms with van der Waals surface area (Å²) in [7, 11) is -10.9. The number of rotatable bonds is 12. The topological polar surface area (TPSA) is 78.9 Å². The van der Waals surface area contributed by atoms with Crippen LogP contribution in [0, 0.1) is 0 Å². The molecule has 0 amide bonds. The Bertz CT molecular complexity index is 376. The van der Waals surface area contributed by atoms with Crippen molar-refractivity contribution in [1.82, 2.24) is 0 Å². The molecular weight excluding hydrogens is 364 g/mol. The molecule has 0 bridgehead atoms. The maximum Gasteiger partial charge on any atom is 0.350 e. The lowest BCUT2D eigenvalue weighted by Gasteiger charge is -2.27. The van der Waals surface area contributed by atoms with E-state index in [9.17, 15) is 13.7 Å². The van der Waals surface area contributed by atoms with E-state index in [1.807, 2.05) is 0 Å². The van der Waals surface area contributed by atoms with Crippen LogP contribution in [0.5, 0.6) is 0 Å². The minimum absolute atomic E-state index is 0.333. The molecule has 0 aliphatic carbocycles. The highest BCUT2D eigenvalue weighted by molar-refractivity contribution is 7.75. The fourth-order valence-electron chi connectivity index (χ4n) is 1.43. The first-order valence-electron chi connectivity index (χ1n) is 7.78. The van der Waals surface area contributed by atoms with Crippen molar-refractivity contribution in [3.05, 3.63) is 0 Å². The quantitative estimate of drug-likeness (QED) is 0.366. The molecule has 0 radical (unpaired) electrons. The van der Waals surface area contributed by atoms with Crippen molar-refractivity contribution in [2.75, 3.05) is 37.0 Å². The molecule has 0 aromatic carbocycles. The highest BCUT2D eigenvalue weighted by Gasteiger charge is 2.36. The Labute approximate surface area is 136 Å². The van der Waals surface area contributed by atoms with Crippen molar-refractivity contribution >= 4 is 30.7 Å². The van der Waals surface area contributed by atoms with Crippen molar-refractivity contribution in [2.24, 2.45) is 0 Å². The molecule has 0 aliphatic heterocycles. The van der Waals surface area contributed by atoms with Crippen LogP contribution in [0.25, 0.3) is 0 Å². The Morgan fingerprint density at radius 3 is 0.864 bits per heavy atom. The first-order valence-corrected chi connectivity index (χ1v) is 14.9. The zero-order valence-corrected chi connectivity index (χ0v) is 18.1. The van der Waals surface area contributed by atoms with Crippen LogP contribution in [-0.4, -0.2) is 37.0 Å². The Hall–Kier alpha value is 1.00. The smallest absolute Gasteiger partial charge is 0.293 e. The van der Waals surface area contributed by atoms with Gasteiger partial charge in [0, 0.05) is 37.0 Å². The Balaban J connectivity index is 5.36. The van der Waals surface area contributed by atoms with Gasteiger partial charge in [0.05, 0.1) is 0 Å². The highest BCUT2D eigenvalue weighted by Crippen LogP contribution is 2.72. The van der Waals surface area contributed by atoms with Crippen molar-refractivity contribution in [3.63, 3.8) is 0 Å². The molecule has 0 aromatic rings. The summed E-state index contributed by atoms with van der Waals surface area (Å²) in [5, 5.41) is 0. The lowest BCUT2D eigenvalue weighted by atomic mass is 11.0. The molecule has 0 aromatic heterocycles. The van der Waals surface area contributed by atoms with E-state index in [2.05, 4.69) is 0 Å². The standard InChI is InChI=1S/C12H30O6P4/c1-7-20(13,8-2)16-19(17-21(14,9-3)10-4)18-22(15,11-5)12-6/h7-12H2,1-6H3. The summed E-state index contributed by atoms with van der Waals surface area (Å²) in [5.74, 6) is 0. The molecule has 0 spiro atoms. The van der Waals surface area contributed by atoms with Gasteiger partial charge in [-0.15, -0.1) is 0 Å². The van der Waals surface area contributed by atoms with Crippen LogP contribution >= 0.6 is 30.7 Å². The molecule has 0 heterocycles. The lowest BCUT2D eigenvalue weighted by Crippen LogP contribution is -2.01. The van der Waals surface area contributed by atoms with Crippen LogP contribution in [0.2, 0.25) is 0 Å². The predicted molar refractivity (Wildman–Crippen MR) is 96.2 cm³/mol. The summed E-state index contributed by atoms with van der Waals surface area (Å²) < 4.78 is 54.3. The van der Waals surface area contributed by atoms with Crippen molar-refractivity contribution in [3.8, 4) is 0 Å². The molecule has 0 atom stereocenters. The minimum atomic E-state index is -2.91. The summed E-state index contributed by atoms with van der Waals surface area (Å²) in [6.45, 7) is 10.6. The van der Waals surface area contributed by atoms with Gasteiger partial charge in [-0.3, -0.25) is 26.6 Å². The second kappa shape index (κ2) is 10.1. The molecule has 134 valence electrons. The third-order valence-corrected chi connectivity index (χ3v) is 14.5. The molecule has 0 aliphatic rings. The number of hydrogen-bond acceptors (Lipinski definition) is 6. The van der Waals surface area contributed by atoms with Gasteiger partial charge in [0.2, 0.25) is 22.1 Å². The fraction of sp³-hybridized carbons (Fsp3) is 1.00. The molecule has 0 fully saturated rings. The third kappa shape index (κ3) is 7.27. The van der Waals surface area contributed by atoms with Gasteiger partial charge in [-0.05, 0) is 0 Å². The van der Waals surface area contributed by atoms with Crippen molar-refractivity contribution in [1.29, 1.82) is 0 Å². The van der Waals surface area contributed by atoms with E-state index in [0.717, 1.165) is 0 Å². The summed E-state index contributed by atoms with van der Waals surface area (Å²) in [6, 6.07) is 0. The second-order valence-electron chi connectivity index (χ2n) is 4.81. The third-order valence-electron chi connectivity index (χ3n) is 3.54. The number of hydrogen-bond donors (Lipinski definition) is 0. The molecule has 10 heteroatoms. The van der Waals surface area contributed by atoms with Crippen molar-refractivity contribution < 1.29 is 26.6 Å². The van der Waals surface area contributed by atoms with Gasteiger partial charge in [0.15, 0.2) is 0 Å². The van der Waals surface area contributed by atoms with E-state index in [1.54, 1.807) is 41.5 Å². The lowest BCUT2D eigenvalue weighted by molar-refractivity contribution is 0.375. The van der Waals surface area contributed by atoms with Crippen LogP contribution < -0.4 is 0 Å². The highest BCUT2D eigenvalue weighted by atomic mass is 31.3. The molecule has 0 N–H and O–H groups in total. The van der Waals surface area contributed by atoms with Crippen molar-refractivity contribution in [2.45, 2.75) is 41.5 Å². The Morgan fingerprint density at radius 1 is 0.545 bits per heavy atom. The predicted octanol–water partition coefficient (Wildman–Crippen LogP) is 6.22. The van der Waals surface area contributed by atoms with E-state index in [-0.39, 0.29) is 0 Å². The van der Waals surface area contributed by atoms with E-state index in [1.165, 1.54) is 0 Å². The molecular formula is C12H30O6P4. The van der Waals surface area contributed by atoms with Crippen LogP contribution in [0.15, 0.2) is 0 Å². The van der Waals surface area contributed by atoms with Gasteiger partial charge in [-0.2, -0.15) is 0 Å². The molecule has 0 unspecified atom stereocenters. The SMILES string of the molecule is CCP(=O)(CC)OP(OP(=O)(CC)CC)OP(=O)(CC)CC. The second-order valence-corrected chi connectivity index (χ2v) is 15.9. The maximum absolute atomic E-state index is 12.5. The zero-order chi connectivity index (χ0) is 17.4. The van der Waals surface area contributed by atoms with Gasteiger partial charge < -0.3 is 0 Å². The summed E-state index contributed by atoms with van der Waals surface area (Å²) >= 11 is 0. The van der Waals surface area contributed by atoms with E-state index < -0.39 is 30.7 Å². The van der Waals surface area contributed by atoms with E-state index >= 15 is 0 Å². The normalized spacial score (nSPS) is 13.8. The summed E-state index contributed by atoms with van der Waals surface area (Å²) in [5.41, 5.74) is 0. The average molecular weight is 394 g/mol. The van der Waals surface area contributed by atoms with Gasteiger partial charge >= 0.3 is 8.60 Å². The van der Waals surface area contributed by atoms with Crippen LogP contribution in [0.3, 0.4) is 0 Å². The van der Waals surface area contributed by atoms with E-state index in [4.69, 9.17) is 12.9 Å². The molecule has 6 nitrogen and oxygen atoms in total. The first kappa shape index (κ1) is 23.0. The summed E-state index contributed by atoms with van der Waals surface area (Å²) in [4.78, 5) is 0. The molecule has 22 heavy (non-hydrogen) atoms. The fourth-order valence-corrected chi connectivity index (χ4v) is 9.62. The molecule has 0 saturated heterocycles. The van der Waals surface area contributed by atoms with Gasteiger partial charge in [-0.1, -0.05) is 41.5 Å². The maximum atomic E-state index is 12.5. The van der Waals surface area contributed by atoms with Crippen LogP contribution in [0.1, 0.15) is 41.5 Å². The zero-order valence-electron chi connectivity index (χ0n) is 14.5. The Kier molecular flexibility index (Phi) is 10.6.